The first kappa shape index (κ1) is 17.2. The SMILES string of the molecule is CCN(CC)C(=O)c1ccc(CNC(=O)c2sccc2C)cc1. The van der Waals surface area contributed by atoms with Crippen molar-refractivity contribution < 1.29 is 9.59 Å². The molecule has 0 bridgehead atoms. The molecule has 122 valence electrons. The lowest BCUT2D eigenvalue weighted by Crippen LogP contribution is -2.30. The van der Waals surface area contributed by atoms with Crippen LogP contribution in [0.15, 0.2) is 35.7 Å². The standard InChI is InChI=1S/C18H22N2O2S/c1-4-20(5-2)18(22)15-8-6-14(7-9-15)12-19-17(21)16-13(3)10-11-23-16/h6-11H,4-5,12H2,1-3H3,(H,19,21). The second-order valence-corrected chi connectivity index (χ2v) is 6.21. The molecule has 0 aliphatic rings. The molecule has 1 aromatic carbocycles. The van der Waals surface area contributed by atoms with Crippen molar-refractivity contribution in [2.45, 2.75) is 27.3 Å². The zero-order valence-corrected chi connectivity index (χ0v) is 14.6. The van der Waals surface area contributed by atoms with Crippen LogP contribution in [-0.4, -0.2) is 29.8 Å². The Labute approximate surface area is 141 Å². The minimum absolute atomic E-state index is 0.0415. The number of amides is 2. The quantitative estimate of drug-likeness (QED) is 0.882. The van der Waals surface area contributed by atoms with Crippen molar-refractivity contribution in [3.63, 3.8) is 0 Å². The van der Waals surface area contributed by atoms with Crippen LogP contribution in [0, 0.1) is 6.92 Å². The Morgan fingerprint density at radius 1 is 1.09 bits per heavy atom. The minimum atomic E-state index is -0.0548. The number of nitrogens with one attached hydrogen (secondary N) is 1. The van der Waals surface area contributed by atoms with E-state index in [0.29, 0.717) is 25.2 Å². The van der Waals surface area contributed by atoms with Crippen LogP contribution in [-0.2, 0) is 6.54 Å². The van der Waals surface area contributed by atoms with E-state index < -0.39 is 0 Å². The highest BCUT2D eigenvalue weighted by atomic mass is 32.1. The third-order valence-corrected chi connectivity index (χ3v) is 4.79. The van der Waals surface area contributed by atoms with E-state index in [9.17, 15) is 9.59 Å². The number of nitrogens with zero attached hydrogens (tertiary/aromatic N) is 1. The first-order chi connectivity index (χ1) is 11.1. The highest BCUT2D eigenvalue weighted by Gasteiger charge is 2.13. The number of carbonyl (C=O) groups is 2. The number of thiophene rings is 1. The van der Waals surface area contributed by atoms with E-state index >= 15 is 0 Å². The van der Waals surface area contributed by atoms with Gasteiger partial charge in [-0.15, -0.1) is 11.3 Å². The number of aryl methyl sites for hydroxylation is 1. The first-order valence-corrected chi connectivity index (χ1v) is 8.65. The molecule has 0 saturated carbocycles. The second-order valence-electron chi connectivity index (χ2n) is 5.29. The lowest BCUT2D eigenvalue weighted by Gasteiger charge is -2.18. The molecule has 23 heavy (non-hydrogen) atoms. The Morgan fingerprint density at radius 2 is 1.74 bits per heavy atom. The van der Waals surface area contributed by atoms with Crippen molar-refractivity contribution in [3.05, 3.63) is 57.3 Å². The van der Waals surface area contributed by atoms with Gasteiger partial charge in [-0.3, -0.25) is 9.59 Å². The van der Waals surface area contributed by atoms with Gasteiger partial charge in [-0.25, -0.2) is 0 Å². The Hall–Kier alpha value is -2.14. The lowest BCUT2D eigenvalue weighted by atomic mass is 10.1. The number of rotatable bonds is 6. The molecule has 0 unspecified atom stereocenters. The van der Waals surface area contributed by atoms with E-state index in [0.717, 1.165) is 16.0 Å². The highest BCUT2D eigenvalue weighted by Crippen LogP contribution is 2.15. The van der Waals surface area contributed by atoms with Gasteiger partial charge in [0.05, 0.1) is 4.88 Å². The Kier molecular flexibility index (Phi) is 5.93. The van der Waals surface area contributed by atoms with E-state index in [2.05, 4.69) is 5.32 Å². The summed E-state index contributed by atoms with van der Waals surface area (Å²) in [5, 5.41) is 4.83. The molecule has 1 aromatic heterocycles. The van der Waals surface area contributed by atoms with Crippen LogP contribution in [0.3, 0.4) is 0 Å². The van der Waals surface area contributed by atoms with Gasteiger partial charge in [0.15, 0.2) is 0 Å². The van der Waals surface area contributed by atoms with Crippen LogP contribution in [0.2, 0.25) is 0 Å². The normalized spacial score (nSPS) is 10.4. The molecule has 1 heterocycles. The van der Waals surface area contributed by atoms with Crippen LogP contribution >= 0.6 is 11.3 Å². The summed E-state index contributed by atoms with van der Waals surface area (Å²) in [6.45, 7) is 7.73. The fourth-order valence-electron chi connectivity index (χ4n) is 2.33. The maximum atomic E-state index is 12.2. The van der Waals surface area contributed by atoms with Gasteiger partial charge in [0.2, 0.25) is 0 Å². The van der Waals surface area contributed by atoms with E-state index in [1.54, 1.807) is 4.90 Å². The minimum Gasteiger partial charge on any atom is -0.347 e. The van der Waals surface area contributed by atoms with Crippen LogP contribution in [0.4, 0.5) is 0 Å². The summed E-state index contributed by atoms with van der Waals surface area (Å²) in [6, 6.07) is 9.35. The molecule has 0 aliphatic heterocycles. The van der Waals surface area contributed by atoms with Gasteiger partial charge >= 0.3 is 0 Å². The summed E-state index contributed by atoms with van der Waals surface area (Å²) in [5.41, 5.74) is 2.65. The number of hydrogen-bond acceptors (Lipinski definition) is 3. The summed E-state index contributed by atoms with van der Waals surface area (Å²) in [6.07, 6.45) is 0. The molecule has 4 nitrogen and oxygen atoms in total. The van der Waals surface area contributed by atoms with E-state index in [4.69, 9.17) is 0 Å². The Balaban J connectivity index is 1.96. The fourth-order valence-corrected chi connectivity index (χ4v) is 3.17. The molecule has 2 rings (SSSR count). The predicted octanol–water partition coefficient (Wildman–Crippen LogP) is 3.47. The van der Waals surface area contributed by atoms with Crippen molar-refractivity contribution >= 4 is 23.2 Å². The first-order valence-electron chi connectivity index (χ1n) is 7.77. The van der Waals surface area contributed by atoms with Gasteiger partial charge in [-0.1, -0.05) is 12.1 Å². The summed E-state index contributed by atoms with van der Waals surface area (Å²) in [5.74, 6) is -0.0133. The van der Waals surface area contributed by atoms with Gasteiger partial charge in [0, 0.05) is 25.2 Å². The van der Waals surface area contributed by atoms with Gasteiger partial charge in [-0.05, 0) is 55.5 Å². The lowest BCUT2D eigenvalue weighted by molar-refractivity contribution is 0.0772. The molecular formula is C18H22N2O2S. The molecule has 0 fully saturated rings. The summed E-state index contributed by atoms with van der Waals surface area (Å²) >= 11 is 1.45. The second kappa shape index (κ2) is 7.92. The van der Waals surface area contributed by atoms with Crippen LogP contribution in [0.5, 0.6) is 0 Å². The van der Waals surface area contributed by atoms with Gasteiger partial charge in [0.25, 0.3) is 11.8 Å². The molecular weight excluding hydrogens is 308 g/mol. The summed E-state index contributed by atoms with van der Waals surface area (Å²) in [7, 11) is 0. The third-order valence-electron chi connectivity index (χ3n) is 3.77. The molecule has 0 spiro atoms. The fraction of sp³-hybridized carbons (Fsp3) is 0.333. The van der Waals surface area contributed by atoms with Gasteiger partial charge in [0.1, 0.15) is 0 Å². The van der Waals surface area contributed by atoms with Crippen molar-refractivity contribution in [2.24, 2.45) is 0 Å². The molecule has 0 aliphatic carbocycles. The van der Waals surface area contributed by atoms with Crippen molar-refractivity contribution in [1.29, 1.82) is 0 Å². The van der Waals surface area contributed by atoms with Gasteiger partial charge in [-0.2, -0.15) is 0 Å². The molecule has 0 atom stereocenters. The van der Waals surface area contributed by atoms with E-state index in [1.807, 2.05) is 56.5 Å². The van der Waals surface area contributed by atoms with Crippen LogP contribution < -0.4 is 5.32 Å². The van der Waals surface area contributed by atoms with Crippen LogP contribution in [0.25, 0.3) is 0 Å². The topological polar surface area (TPSA) is 49.4 Å². The summed E-state index contributed by atoms with van der Waals surface area (Å²) in [4.78, 5) is 26.9. The maximum Gasteiger partial charge on any atom is 0.261 e. The monoisotopic (exact) mass is 330 g/mol. The zero-order valence-electron chi connectivity index (χ0n) is 13.8. The van der Waals surface area contributed by atoms with Gasteiger partial charge < -0.3 is 10.2 Å². The average molecular weight is 330 g/mol. The molecule has 2 aromatic rings. The van der Waals surface area contributed by atoms with E-state index in [-0.39, 0.29) is 11.8 Å². The molecule has 0 saturated heterocycles. The maximum absolute atomic E-state index is 12.2. The Bertz CT molecular complexity index is 673. The smallest absolute Gasteiger partial charge is 0.261 e. The molecule has 1 N–H and O–H groups in total. The molecule has 5 heteroatoms. The summed E-state index contributed by atoms with van der Waals surface area (Å²) < 4.78 is 0. The van der Waals surface area contributed by atoms with Crippen LogP contribution in [0.1, 0.15) is 45.0 Å². The molecule has 2 amide bonds. The highest BCUT2D eigenvalue weighted by molar-refractivity contribution is 7.12. The number of carbonyl (C=O) groups excluding carboxylic acids is 2. The third kappa shape index (κ3) is 4.20. The number of hydrogen-bond donors (Lipinski definition) is 1. The van der Waals surface area contributed by atoms with Crippen molar-refractivity contribution in [2.75, 3.05) is 13.1 Å². The number of benzene rings is 1. The predicted molar refractivity (Wildman–Crippen MR) is 93.9 cm³/mol. The van der Waals surface area contributed by atoms with Crippen molar-refractivity contribution in [3.8, 4) is 0 Å². The van der Waals surface area contributed by atoms with Crippen molar-refractivity contribution in [1.82, 2.24) is 10.2 Å². The zero-order chi connectivity index (χ0) is 16.8. The average Bonchev–Trinajstić information content (AvgIpc) is 3.00. The largest absolute Gasteiger partial charge is 0.347 e. The molecule has 0 radical (unpaired) electrons. The Morgan fingerprint density at radius 3 is 2.26 bits per heavy atom. The van der Waals surface area contributed by atoms with E-state index in [1.165, 1.54) is 11.3 Å².